The van der Waals surface area contributed by atoms with Gasteiger partial charge in [0.2, 0.25) is 10.0 Å². The van der Waals surface area contributed by atoms with Gasteiger partial charge in [-0.25, -0.2) is 13.4 Å². The Morgan fingerprint density at radius 3 is 2.50 bits per heavy atom. The van der Waals surface area contributed by atoms with Gasteiger partial charge in [0.25, 0.3) is 5.56 Å². The van der Waals surface area contributed by atoms with Crippen LogP contribution in [0.3, 0.4) is 0 Å². The van der Waals surface area contributed by atoms with Crippen molar-refractivity contribution in [3.05, 3.63) is 70.3 Å². The average molecular weight is 373 g/mol. The number of ether oxygens (including phenoxy) is 1. The Morgan fingerprint density at radius 2 is 1.85 bits per heavy atom. The van der Waals surface area contributed by atoms with Gasteiger partial charge in [0.15, 0.2) is 0 Å². The number of nitrogens with zero attached hydrogens (tertiary/aromatic N) is 3. The van der Waals surface area contributed by atoms with E-state index in [2.05, 4.69) is 4.98 Å². The van der Waals surface area contributed by atoms with E-state index in [1.807, 2.05) is 13.0 Å². The molecule has 0 aliphatic carbocycles. The minimum atomic E-state index is -3.71. The molecule has 0 bridgehead atoms. The van der Waals surface area contributed by atoms with E-state index in [4.69, 9.17) is 4.74 Å². The third-order valence-corrected chi connectivity index (χ3v) is 5.85. The van der Waals surface area contributed by atoms with E-state index in [-0.39, 0.29) is 17.0 Å². The van der Waals surface area contributed by atoms with Crippen LogP contribution in [0.2, 0.25) is 0 Å². The Kier molecular flexibility index (Phi) is 4.80. The molecule has 2 aromatic heterocycles. The molecule has 7 nitrogen and oxygen atoms in total. The predicted octanol–water partition coefficient (Wildman–Crippen LogP) is 1.83. The van der Waals surface area contributed by atoms with Gasteiger partial charge in [0.1, 0.15) is 11.4 Å². The van der Waals surface area contributed by atoms with Gasteiger partial charge in [-0.1, -0.05) is 0 Å². The van der Waals surface area contributed by atoms with Crippen LogP contribution in [-0.2, 0) is 16.6 Å². The molecular formula is C18H19N3O4S. The highest BCUT2D eigenvalue weighted by molar-refractivity contribution is 7.89. The molecule has 0 aliphatic rings. The number of sulfonamides is 1. The molecule has 0 radical (unpaired) electrons. The maximum Gasteiger partial charge on any atom is 0.258 e. The van der Waals surface area contributed by atoms with Crippen LogP contribution in [0.4, 0.5) is 0 Å². The van der Waals surface area contributed by atoms with E-state index in [0.29, 0.717) is 17.1 Å². The first kappa shape index (κ1) is 18.1. The summed E-state index contributed by atoms with van der Waals surface area (Å²) in [6.07, 6.45) is 1.65. The van der Waals surface area contributed by atoms with Crippen molar-refractivity contribution in [2.75, 3.05) is 14.2 Å². The van der Waals surface area contributed by atoms with Crippen molar-refractivity contribution in [1.82, 2.24) is 13.7 Å². The zero-order valence-corrected chi connectivity index (χ0v) is 15.5. The van der Waals surface area contributed by atoms with Crippen LogP contribution in [0.25, 0.3) is 5.65 Å². The van der Waals surface area contributed by atoms with E-state index >= 15 is 0 Å². The molecular weight excluding hydrogens is 354 g/mol. The van der Waals surface area contributed by atoms with Crippen LogP contribution in [0.5, 0.6) is 5.75 Å². The summed E-state index contributed by atoms with van der Waals surface area (Å²) in [6.45, 7) is 1.90. The second-order valence-electron chi connectivity index (χ2n) is 5.95. The quantitative estimate of drug-likeness (QED) is 0.682. The molecule has 1 aromatic carbocycles. The van der Waals surface area contributed by atoms with Gasteiger partial charge >= 0.3 is 0 Å². The molecule has 2 heterocycles. The van der Waals surface area contributed by atoms with E-state index in [0.717, 1.165) is 5.56 Å². The number of aromatic nitrogens is 2. The SMILES string of the molecule is COc1ccc(S(=O)(=O)N(C)Cc2cc(=O)n3ccc(C)cc3n2)cc1. The smallest absolute Gasteiger partial charge is 0.258 e. The fraction of sp³-hybridized carbons (Fsp3) is 0.222. The highest BCUT2D eigenvalue weighted by Crippen LogP contribution is 2.19. The summed E-state index contributed by atoms with van der Waals surface area (Å²) >= 11 is 0. The predicted molar refractivity (Wildman–Crippen MR) is 97.8 cm³/mol. The minimum Gasteiger partial charge on any atom is -0.497 e. The molecule has 3 aromatic rings. The van der Waals surface area contributed by atoms with Crippen molar-refractivity contribution >= 4 is 15.7 Å². The zero-order chi connectivity index (χ0) is 18.9. The highest BCUT2D eigenvalue weighted by atomic mass is 32.2. The molecule has 26 heavy (non-hydrogen) atoms. The normalized spacial score (nSPS) is 11.8. The Morgan fingerprint density at radius 1 is 1.15 bits per heavy atom. The summed E-state index contributed by atoms with van der Waals surface area (Å²) in [5.41, 5.74) is 1.59. The molecule has 0 atom stereocenters. The Balaban J connectivity index is 1.92. The number of rotatable bonds is 5. The molecule has 3 rings (SSSR count). The Labute approximate surface area is 151 Å². The van der Waals surface area contributed by atoms with Crippen LogP contribution in [0, 0.1) is 6.92 Å². The number of aryl methyl sites for hydroxylation is 1. The third-order valence-electron chi connectivity index (χ3n) is 4.03. The molecule has 0 saturated carbocycles. The molecule has 0 aliphatic heterocycles. The second-order valence-corrected chi connectivity index (χ2v) is 8.00. The standard InChI is InChI=1S/C18H19N3O4S/c1-13-8-9-21-17(10-13)19-14(11-18(21)22)12-20(2)26(23,24)16-6-4-15(25-3)5-7-16/h4-11H,12H2,1-3H3. The molecule has 0 N–H and O–H groups in total. The topological polar surface area (TPSA) is 81.0 Å². The molecule has 136 valence electrons. The van der Waals surface area contributed by atoms with E-state index in [1.165, 1.54) is 41.1 Å². The van der Waals surface area contributed by atoms with Gasteiger partial charge in [0.05, 0.1) is 24.2 Å². The zero-order valence-electron chi connectivity index (χ0n) is 14.7. The van der Waals surface area contributed by atoms with Gasteiger partial charge in [-0.3, -0.25) is 9.20 Å². The van der Waals surface area contributed by atoms with E-state index in [9.17, 15) is 13.2 Å². The molecule has 0 amide bonds. The van der Waals surface area contributed by atoms with Gasteiger partial charge < -0.3 is 4.74 Å². The highest BCUT2D eigenvalue weighted by Gasteiger charge is 2.21. The van der Waals surface area contributed by atoms with Crippen molar-refractivity contribution in [1.29, 1.82) is 0 Å². The summed E-state index contributed by atoms with van der Waals surface area (Å²) < 4.78 is 33.1. The maximum atomic E-state index is 12.7. The van der Waals surface area contributed by atoms with Crippen LogP contribution < -0.4 is 10.3 Å². The van der Waals surface area contributed by atoms with Crippen molar-refractivity contribution in [2.24, 2.45) is 0 Å². The lowest BCUT2D eigenvalue weighted by atomic mass is 10.3. The maximum absolute atomic E-state index is 12.7. The first-order chi connectivity index (χ1) is 12.3. The lowest BCUT2D eigenvalue weighted by Gasteiger charge is -2.17. The largest absolute Gasteiger partial charge is 0.497 e. The van der Waals surface area contributed by atoms with Crippen LogP contribution in [-0.4, -0.2) is 36.3 Å². The first-order valence-electron chi connectivity index (χ1n) is 7.90. The summed E-state index contributed by atoms with van der Waals surface area (Å²) in [4.78, 5) is 16.8. The number of hydrogen-bond acceptors (Lipinski definition) is 5. The van der Waals surface area contributed by atoms with E-state index in [1.54, 1.807) is 24.4 Å². The van der Waals surface area contributed by atoms with Crippen LogP contribution in [0.1, 0.15) is 11.3 Å². The lowest BCUT2D eigenvalue weighted by molar-refractivity contribution is 0.414. The Hall–Kier alpha value is -2.71. The monoisotopic (exact) mass is 373 g/mol. The van der Waals surface area contributed by atoms with Crippen molar-refractivity contribution in [3.63, 3.8) is 0 Å². The summed E-state index contributed by atoms with van der Waals surface area (Å²) in [5, 5.41) is 0. The molecule has 0 saturated heterocycles. The number of fused-ring (bicyclic) bond motifs is 1. The van der Waals surface area contributed by atoms with Crippen molar-refractivity contribution in [2.45, 2.75) is 18.4 Å². The summed E-state index contributed by atoms with van der Waals surface area (Å²) in [5.74, 6) is 0.575. The Bertz CT molecular complexity index is 1110. The van der Waals surface area contributed by atoms with Crippen molar-refractivity contribution in [3.8, 4) is 5.75 Å². The third kappa shape index (κ3) is 3.47. The second kappa shape index (κ2) is 6.89. The van der Waals surface area contributed by atoms with Gasteiger partial charge in [-0.15, -0.1) is 0 Å². The van der Waals surface area contributed by atoms with Gasteiger partial charge in [0, 0.05) is 19.3 Å². The first-order valence-corrected chi connectivity index (χ1v) is 9.34. The summed E-state index contributed by atoms with van der Waals surface area (Å²) in [7, 11) is -0.735. The molecule has 8 heteroatoms. The molecule has 0 unspecified atom stereocenters. The van der Waals surface area contributed by atoms with Crippen LogP contribution in [0.15, 0.2) is 58.4 Å². The fourth-order valence-corrected chi connectivity index (χ4v) is 3.72. The molecule has 0 spiro atoms. The number of methoxy groups -OCH3 is 1. The van der Waals surface area contributed by atoms with Crippen LogP contribution >= 0.6 is 0 Å². The number of pyridine rings is 1. The molecule has 0 fully saturated rings. The number of hydrogen-bond donors (Lipinski definition) is 0. The number of benzene rings is 1. The average Bonchev–Trinajstić information content (AvgIpc) is 2.61. The van der Waals surface area contributed by atoms with E-state index < -0.39 is 10.0 Å². The van der Waals surface area contributed by atoms with Crippen molar-refractivity contribution < 1.29 is 13.2 Å². The fourth-order valence-electron chi connectivity index (χ4n) is 2.58. The van der Waals surface area contributed by atoms with Gasteiger partial charge in [-0.05, 0) is 48.9 Å². The minimum absolute atomic E-state index is 0.00591. The summed E-state index contributed by atoms with van der Waals surface area (Å²) in [6, 6.07) is 11.1. The van der Waals surface area contributed by atoms with Gasteiger partial charge in [-0.2, -0.15) is 4.31 Å². The lowest BCUT2D eigenvalue weighted by Crippen LogP contribution is -2.28.